The second-order valence-corrected chi connectivity index (χ2v) is 5.61. The maximum absolute atomic E-state index is 10.9. The van der Waals surface area contributed by atoms with Gasteiger partial charge in [-0.05, 0) is 42.9 Å². The van der Waals surface area contributed by atoms with Crippen LogP contribution in [0.5, 0.6) is 0 Å². The zero-order chi connectivity index (χ0) is 13.8. The van der Waals surface area contributed by atoms with E-state index in [9.17, 15) is 4.79 Å². The van der Waals surface area contributed by atoms with E-state index in [1.54, 1.807) is 18.2 Å². The number of nitrogen functional groups attached to an aromatic ring is 1. The predicted molar refractivity (Wildman–Crippen MR) is 77.4 cm³/mol. The van der Waals surface area contributed by atoms with E-state index in [2.05, 4.69) is 12.2 Å². The van der Waals surface area contributed by atoms with Crippen molar-refractivity contribution in [3.63, 3.8) is 0 Å². The molecule has 2 rings (SSSR count). The number of nitrogens with two attached hydrogens (primary N) is 1. The van der Waals surface area contributed by atoms with Crippen molar-refractivity contribution in [1.82, 2.24) is 0 Å². The lowest BCUT2D eigenvalue weighted by Crippen LogP contribution is -2.20. The summed E-state index contributed by atoms with van der Waals surface area (Å²) in [5, 5.41) is 12.3. The summed E-state index contributed by atoms with van der Waals surface area (Å²) in [6.45, 7) is 3.26. The van der Waals surface area contributed by atoms with Crippen molar-refractivity contribution in [2.24, 2.45) is 11.8 Å². The average molecular weight is 262 g/mol. The van der Waals surface area contributed by atoms with Gasteiger partial charge in [-0.15, -0.1) is 0 Å². The minimum Gasteiger partial charge on any atom is -0.478 e. The summed E-state index contributed by atoms with van der Waals surface area (Å²) in [5.74, 6) is 0.601. The van der Waals surface area contributed by atoms with Gasteiger partial charge in [0.1, 0.15) is 0 Å². The van der Waals surface area contributed by atoms with Crippen LogP contribution < -0.4 is 11.1 Å². The first-order valence-corrected chi connectivity index (χ1v) is 6.93. The SMILES string of the molecule is CC1CCC(CNc2ccc(C(=O)O)c(N)c2)CC1. The Morgan fingerprint density at radius 1 is 1.37 bits per heavy atom. The summed E-state index contributed by atoms with van der Waals surface area (Å²) in [6, 6.07) is 5.04. The van der Waals surface area contributed by atoms with Gasteiger partial charge in [-0.3, -0.25) is 0 Å². The first-order chi connectivity index (χ1) is 9.06. The lowest BCUT2D eigenvalue weighted by molar-refractivity contribution is 0.0698. The van der Waals surface area contributed by atoms with E-state index in [0.717, 1.165) is 24.1 Å². The zero-order valence-corrected chi connectivity index (χ0v) is 11.4. The number of anilines is 2. The topological polar surface area (TPSA) is 75.3 Å². The Labute approximate surface area is 114 Å². The van der Waals surface area contributed by atoms with Gasteiger partial charge in [0.2, 0.25) is 0 Å². The molecule has 1 fully saturated rings. The van der Waals surface area contributed by atoms with Gasteiger partial charge >= 0.3 is 5.97 Å². The lowest BCUT2D eigenvalue weighted by atomic mass is 9.83. The Kier molecular flexibility index (Phi) is 4.30. The van der Waals surface area contributed by atoms with E-state index in [-0.39, 0.29) is 5.56 Å². The Hall–Kier alpha value is -1.71. The van der Waals surface area contributed by atoms with Crippen LogP contribution in [-0.2, 0) is 0 Å². The molecule has 0 bridgehead atoms. The number of benzene rings is 1. The standard InChI is InChI=1S/C15H22N2O2/c1-10-2-4-11(5-3-10)9-17-12-6-7-13(15(18)19)14(16)8-12/h6-8,10-11,17H,2-5,9,16H2,1H3,(H,18,19). The molecule has 0 saturated heterocycles. The van der Waals surface area contributed by atoms with Crippen LogP contribution in [0.1, 0.15) is 43.0 Å². The maximum atomic E-state index is 10.9. The highest BCUT2D eigenvalue weighted by Gasteiger charge is 2.18. The smallest absolute Gasteiger partial charge is 0.337 e. The number of rotatable bonds is 4. The lowest BCUT2D eigenvalue weighted by Gasteiger charge is -2.26. The van der Waals surface area contributed by atoms with E-state index >= 15 is 0 Å². The van der Waals surface area contributed by atoms with Gasteiger partial charge in [-0.25, -0.2) is 4.79 Å². The van der Waals surface area contributed by atoms with E-state index in [1.165, 1.54) is 25.7 Å². The van der Waals surface area contributed by atoms with E-state index < -0.39 is 5.97 Å². The molecule has 1 saturated carbocycles. The molecule has 0 spiro atoms. The molecule has 4 heteroatoms. The Morgan fingerprint density at radius 3 is 2.63 bits per heavy atom. The second kappa shape index (κ2) is 5.95. The fraction of sp³-hybridized carbons (Fsp3) is 0.533. The monoisotopic (exact) mass is 262 g/mol. The third-order valence-corrected chi connectivity index (χ3v) is 4.01. The predicted octanol–water partition coefficient (Wildman–Crippen LogP) is 3.21. The Balaban J connectivity index is 1.89. The molecule has 19 heavy (non-hydrogen) atoms. The third-order valence-electron chi connectivity index (χ3n) is 4.01. The van der Waals surface area contributed by atoms with Crippen molar-refractivity contribution < 1.29 is 9.90 Å². The van der Waals surface area contributed by atoms with Gasteiger partial charge in [0.25, 0.3) is 0 Å². The van der Waals surface area contributed by atoms with Crippen LogP contribution >= 0.6 is 0 Å². The van der Waals surface area contributed by atoms with E-state index in [1.807, 2.05) is 0 Å². The van der Waals surface area contributed by atoms with Crippen molar-refractivity contribution >= 4 is 17.3 Å². The molecule has 4 nitrogen and oxygen atoms in total. The van der Waals surface area contributed by atoms with Crippen molar-refractivity contribution in [2.75, 3.05) is 17.6 Å². The summed E-state index contributed by atoms with van der Waals surface area (Å²) in [7, 11) is 0. The number of hydrogen-bond donors (Lipinski definition) is 3. The highest BCUT2D eigenvalue weighted by molar-refractivity contribution is 5.94. The van der Waals surface area contributed by atoms with Crippen LogP contribution in [0.15, 0.2) is 18.2 Å². The highest BCUT2D eigenvalue weighted by atomic mass is 16.4. The van der Waals surface area contributed by atoms with Crippen molar-refractivity contribution in [2.45, 2.75) is 32.6 Å². The van der Waals surface area contributed by atoms with Crippen LogP contribution in [0, 0.1) is 11.8 Å². The largest absolute Gasteiger partial charge is 0.478 e. The molecule has 0 amide bonds. The van der Waals surface area contributed by atoms with Crippen LogP contribution in [0.3, 0.4) is 0 Å². The normalized spacial score (nSPS) is 23.0. The number of nitrogens with one attached hydrogen (secondary N) is 1. The quantitative estimate of drug-likeness (QED) is 0.728. The molecular weight excluding hydrogens is 240 g/mol. The summed E-state index contributed by atoms with van der Waals surface area (Å²) in [6.07, 6.45) is 5.17. The molecule has 1 aliphatic carbocycles. The fourth-order valence-electron chi connectivity index (χ4n) is 2.66. The number of hydrogen-bond acceptors (Lipinski definition) is 3. The first-order valence-electron chi connectivity index (χ1n) is 6.93. The van der Waals surface area contributed by atoms with Crippen LogP contribution in [0.2, 0.25) is 0 Å². The minimum atomic E-state index is -0.981. The third kappa shape index (κ3) is 3.63. The molecule has 1 aromatic carbocycles. The molecule has 0 radical (unpaired) electrons. The summed E-state index contributed by atoms with van der Waals surface area (Å²) >= 11 is 0. The zero-order valence-electron chi connectivity index (χ0n) is 11.4. The van der Waals surface area contributed by atoms with Crippen LogP contribution in [-0.4, -0.2) is 17.6 Å². The number of aromatic carboxylic acids is 1. The van der Waals surface area contributed by atoms with E-state index in [4.69, 9.17) is 10.8 Å². The minimum absolute atomic E-state index is 0.164. The molecule has 1 aromatic rings. The van der Waals surface area contributed by atoms with Gasteiger partial charge in [0.15, 0.2) is 0 Å². The molecule has 4 N–H and O–H groups in total. The van der Waals surface area contributed by atoms with E-state index in [0.29, 0.717) is 5.69 Å². The van der Waals surface area contributed by atoms with Crippen molar-refractivity contribution in [1.29, 1.82) is 0 Å². The number of carboxylic acids is 1. The summed E-state index contributed by atoms with van der Waals surface area (Å²) in [5.41, 5.74) is 7.11. The van der Waals surface area contributed by atoms with Gasteiger partial charge < -0.3 is 16.2 Å². The fourth-order valence-corrected chi connectivity index (χ4v) is 2.66. The number of carbonyl (C=O) groups is 1. The molecule has 104 valence electrons. The van der Waals surface area contributed by atoms with Crippen LogP contribution in [0.4, 0.5) is 11.4 Å². The molecule has 0 heterocycles. The molecule has 0 aliphatic heterocycles. The van der Waals surface area contributed by atoms with Gasteiger partial charge in [-0.2, -0.15) is 0 Å². The number of carboxylic acid groups (broad SMARTS) is 1. The molecular formula is C15H22N2O2. The molecule has 0 aromatic heterocycles. The van der Waals surface area contributed by atoms with Crippen molar-refractivity contribution in [3.8, 4) is 0 Å². The van der Waals surface area contributed by atoms with Crippen LogP contribution in [0.25, 0.3) is 0 Å². The maximum Gasteiger partial charge on any atom is 0.337 e. The molecule has 0 atom stereocenters. The average Bonchev–Trinajstić information content (AvgIpc) is 2.37. The summed E-state index contributed by atoms with van der Waals surface area (Å²) in [4.78, 5) is 10.9. The molecule has 0 unspecified atom stereocenters. The summed E-state index contributed by atoms with van der Waals surface area (Å²) < 4.78 is 0. The van der Waals surface area contributed by atoms with Gasteiger partial charge in [-0.1, -0.05) is 19.8 Å². The highest BCUT2D eigenvalue weighted by Crippen LogP contribution is 2.28. The van der Waals surface area contributed by atoms with Gasteiger partial charge in [0.05, 0.1) is 5.56 Å². The molecule has 1 aliphatic rings. The Bertz CT molecular complexity index is 451. The first kappa shape index (κ1) is 13.7. The second-order valence-electron chi connectivity index (χ2n) is 5.61. The Morgan fingerprint density at radius 2 is 2.05 bits per heavy atom. The van der Waals surface area contributed by atoms with Gasteiger partial charge in [0, 0.05) is 17.9 Å². The van der Waals surface area contributed by atoms with Crippen molar-refractivity contribution in [3.05, 3.63) is 23.8 Å².